The molecular weight excluding hydrogens is 208 g/mol. The summed E-state index contributed by atoms with van der Waals surface area (Å²) in [5, 5.41) is 4.24. The molecule has 0 bridgehead atoms. The maximum Gasteiger partial charge on any atom is 0.203 e. The predicted molar refractivity (Wildman–Crippen MR) is 65.3 cm³/mol. The van der Waals surface area contributed by atoms with E-state index in [-0.39, 0.29) is 5.54 Å². The summed E-state index contributed by atoms with van der Waals surface area (Å²) in [5.41, 5.74) is 5.66. The van der Waals surface area contributed by atoms with Crippen LogP contribution < -0.4 is 11.1 Å². The first-order valence-electron chi connectivity index (χ1n) is 5.44. The second kappa shape index (κ2) is 5.42. The number of anilines is 1. The standard InChI is InChI=1S/C10H20N4S/c1-4-6-8-12-9(15-14-8)13-10(3,5-2)7-11/h4-7,11H2,1-3H3,(H,12,13,14). The van der Waals surface area contributed by atoms with Gasteiger partial charge in [-0.2, -0.15) is 4.37 Å². The fourth-order valence-electron chi connectivity index (χ4n) is 1.17. The van der Waals surface area contributed by atoms with E-state index >= 15 is 0 Å². The zero-order valence-corrected chi connectivity index (χ0v) is 10.5. The lowest BCUT2D eigenvalue weighted by molar-refractivity contribution is 0.506. The van der Waals surface area contributed by atoms with E-state index in [0.717, 1.165) is 30.2 Å². The minimum atomic E-state index is -0.0665. The van der Waals surface area contributed by atoms with Gasteiger partial charge in [0.15, 0.2) is 0 Å². The molecule has 0 aliphatic rings. The van der Waals surface area contributed by atoms with Gasteiger partial charge in [-0.15, -0.1) is 0 Å². The Labute approximate surface area is 95.5 Å². The third-order valence-corrected chi connectivity index (χ3v) is 3.25. The van der Waals surface area contributed by atoms with E-state index in [1.165, 1.54) is 11.5 Å². The van der Waals surface area contributed by atoms with Gasteiger partial charge in [0, 0.05) is 30.0 Å². The zero-order chi connectivity index (χ0) is 11.3. The van der Waals surface area contributed by atoms with Crippen LogP contribution in [0.5, 0.6) is 0 Å². The van der Waals surface area contributed by atoms with Gasteiger partial charge in [-0.1, -0.05) is 13.8 Å². The largest absolute Gasteiger partial charge is 0.354 e. The van der Waals surface area contributed by atoms with E-state index < -0.39 is 0 Å². The van der Waals surface area contributed by atoms with E-state index in [1.807, 2.05) is 0 Å². The predicted octanol–water partition coefficient (Wildman–Crippen LogP) is 2.03. The summed E-state index contributed by atoms with van der Waals surface area (Å²) in [6.07, 6.45) is 3.01. The molecule has 15 heavy (non-hydrogen) atoms. The van der Waals surface area contributed by atoms with Gasteiger partial charge in [-0.05, 0) is 19.8 Å². The monoisotopic (exact) mass is 228 g/mol. The SMILES string of the molecule is CCCc1nsc(NC(C)(CC)CN)n1. The van der Waals surface area contributed by atoms with Crippen LogP contribution in [0.3, 0.4) is 0 Å². The molecule has 0 radical (unpaired) electrons. The summed E-state index contributed by atoms with van der Waals surface area (Å²) >= 11 is 1.42. The maximum atomic E-state index is 5.72. The fourth-order valence-corrected chi connectivity index (χ4v) is 1.93. The second-order valence-electron chi connectivity index (χ2n) is 4.01. The van der Waals surface area contributed by atoms with Crippen molar-refractivity contribution in [3.8, 4) is 0 Å². The van der Waals surface area contributed by atoms with Gasteiger partial charge < -0.3 is 11.1 Å². The quantitative estimate of drug-likeness (QED) is 0.782. The zero-order valence-electron chi connectivity index (χ0n) is 9.71. The molecule has 1 rings (SSSR count). The number of nitrogens with one attached hydrogen (secondary N) is 1. The van der Waals surface area contributed by atoms with Gasteiger partial charge in [0.2, 0.25) is 5.13 Å². The number of nitrogens with two attached hydrogens (primary N) is 1. The van der Waals surface area contributed by atoms with Crippen molar-refractivity contribution >= 4 is 16.7 Å². The normalized spacial score (nSPS) is 14.9. The number of nitrogens with zero attached hydrogens (tertiary/aromatic N) is 2. The Bertz CT molecular complexity index is 293. The van der Waals surface area contributed by atoms with Gasteiger partial charge >= 0.3 is 0 Å². The highest BCUT2D eigenvalue weighted by atomic mass is 32.1. The lowest BCUT2D eigenvalue weighted by atomic mass is 10.00. The average molecular weight is 228 g/mol. The summed E-state index contributed by atoms with van der Waals surface area (Å²) < 4.78 is 4.29. The van der Waals surface area contributed by atoms with Crippen LogP contribution in [0, 0.1) is 0 Å². The summed E-state index contributed by atoms with van der Waals surface area (Å²) in [6.45, 7) is 6.96. The molecule has 5 heteroatoms. The molecule has 0 aliphatic heterocycles. The summed E-state index contributed by atoms with van der Waals surface area (Å²) in [5.74, 6) is 0.931. The number of hydrogen-bond donors (Lipinski definition) is 2. The number of rotatable bonds is 6. The average Bonchev–Trinajstić information content (AvgIpc) is 2.66. The molecule has 0 aromatic carbocycles. The first kappa shape index (κ1) is 12.4. The Kier molecular flexibility index (Phi) is 4.47. The Morgan fingerprint density at radius 2 is 2.20 bits per heavy atom. The first-order valence-corrected chi connectivity index (χ1v) is 6.21. The van der Waals surface area contributed by atoms with Gasteiger partial charge in [-0.3, -0.25) is 0 Å². The van der Waals surface area contributed by atoms with Crippen LogP contribution in [0.15, 0.2) is 0 Å². The van der Waals surface area contributed by atoms with Crippen LogP contribution in [0.4, 0.5) is 5.13 Å². The van der Waals surface area contributed by atoms with Crippen molar-refractivity contribution in [3.63, 3.8) is 0 Å². The molecule has 0 fully saturated rings. The molecule has 1 unspecified atom stereocenters. The van der Waals surface area contributed by atoms with Crippen molar-refractivity contribution in [1.82, 2.24) is 9.36 Å². The molecule has 0 saturated heterocycles. The summed E-state index contributed by atoms with van der Waals surface area (Å²) in [7, 11) is 0. The Morgan fingerprint density at radius 3 is 2.73 bits per heavy atom. The van der Waals surface area contributed by atoms with E-state index in [1.54, 1.807) is 0 Å². The summed E-state index contributed by atoms with van der Waals surface area (Å²) in [6, 6.07) is 0. The number of hydrogen-bond acceptors (Lipinski definition) is 5. The molecule has 86 valence electrons. The van der Waals surface area contributed by atoms with Crippen molar-refractivity contribution in [2.24, 2.45) is 5.73 Å². The smallest absolute Gasteiger partial charge is 0.203 e. The minimum Gasteiger partial charge on any atom is -0.354 e. The maximum absolute atomic E-state index is 5.72. The van der Waals surface area contributed by atoms with Gasteiger partial charge in [0.25, 0.3) is 0 Å². The van der Waals surface area contributed by atoms with Crippen LogP contribution in [-0.4, -0.2) is 21.4 Å². The third kappa shape index (κ3) is 3.43. The summed E-state index contributed by atoms with van der Waals surface area (Å²) in [4.78, 5) is 4.42. The van der Waals surface area contributed by atoms with E-state index in [9.17, 15) is 0 Å². The van der Waals surface area contributed by atoms with E-state index in [0.29, 0.717) is 6.54 Å². The first-order chi connectivity index (χ1) is 7.13. The highest BCUT2D eigenvalue weighted by Crippen LogP contribution is 2.19. The van der Waals surface area contributed by atoms with Crippen molar-refractivity contribution in [1.29, 1.82) is 0 Å². The molecule has 0 amide bonds. The molecule has 4 nitrogen and oxygen atoms in total. The molecule has 0 aliphatic carbocycles. The Morgan fingerprint density at radius 1 is 1.47 bits per heavy atom. The molecule has 1 atom stereocenters. The lowest BCUT2D eigenvalue weighted by Crippen LogP contribution is -2.41. The minimum absolute atomic E-state index is 0.0665. The van der Waals surface area contributed by atoms with Crippen molar-refractivity contribution in [2.45, 2.75) is 45.6 Å². The molecular formula is C10H20N4S. The number of aromatic nitrogens is 2. The van der Waals surface area contributed by atoms with Crippen LogP contribution >= 0.6 is 11.5 Å². The van der Waals surface area contributed by atoms with Gasteiger partial charge in [-0.25, -0.2) is 4.98 Å². The molecule has 1 aromatic heterocycles. The molecule has 1 aromatic rings. The van der Waals surface area contributed by atoms with Crippen LogP contribution in [-0.2, 0) is 6.42 Å². The molecule has 3 N–H and O–H groups in total. The third-order valence-electron chi connectivity index (χ3n) is 2.58. The topological polar surface area (TPSA) is 63.8 Å². The van der Waals surface area contributed by atoms with Crippen molar-refractivity contribution in [2.75, 3.05) is 11.9 Å². The van der Waals surface area contributed by atoms with E-state index in [4.69, 9.17) is 5.73 Å². The Balaban J connectivity index is 2.63. The fraction of sp³-hybridized carbons (Fsp3) is 0.800. The molecule has 0 spiro atoms. The highest BCUT2D eigenvalue weighted by Gasteiger charge is 2.21. The second-order valence-corrected chi connectivity index (χ2v) is 4.76. The number of aryl methyl sites for hydroxylation is 1. The van der Waals surface area contributed by atoms with Crippen LogP contribution in [0.2, 0.25) is 0 Å². The van der Waals surface area contributed by atoms with Gasteiger partial charge in [0.1, 0.15) is 5.82 Å². The van der Waals surface area contributed by atoms with Crippen molar-refractivity contribution < 1.29 is 0 Å². The molecule has 1 heterocycles. The highest BCUT2D eigenvalue weighted by molar-refractivity contribution is 7.09. The van der Waals surface area contributed by atoms with Crippen LogP contribution in [0.1, 0.15) is 39.4 Å². The Hall–Kier alpha value is -0.680. The lowest BCUT2D eigenvalue weighted by Gasteiger charge is -2.27. The van der Waals surface area contributed by atoms with Gasteiger partial charge in [0.05, 0.1) is 0 Å². The molecule has 0 saturated carbocycles. The van der Waals surface area contributed by atoms with Crippen LogP contribution in [0.25, 0.3) is 0 Å². The van der Waals surface area contributed by atoms with E-state index in [2.05, 4.69) is 35.4 Å². The van der Waals surface area contributed by atoms with Crippen molar-refractivity contribution in [3.05, 3.63) is 5.82 Å².